The number of benzene rings is 1. The molecule has 0 fully saturated rings. The molecule has 14 heavy (non-hydrogen) atoms. The summed E-state index contributed by atoms with van der Waals surface area (Å²) in [7, 11) is -0.563. The van der Waals surface area contributed by atoms with E-state index in [0.29, 0.717) is 0 Å². The van der Waals surface area contributed by atoms with Crippen LogP contribution in [-0.4, -0.2) is 38.4 Å². The second-order valence-electron chi connectivity index (χ2n) is 4.26. The molecule has 0 aliphatic heterocycles. The Morgan fingerprint density at radius 1 is 1.21 bits per heavy atom. The topological polar surface area (TPSA) is 0 Å². The number of hydrogen-bond donors (Lipinski definition) is 0. The van der Waals surface area contributed by atoms with Gasteiger partial charge in [0.15, 0.2) is 0 Å². The van der Waals surface area contributed by atoms with Crippen molar-refractivity contribution >= 4 is 44.4 Å². The van der Waals surface area contributed by atoms with Gasteiger partial charge in [-0.2, -0.15) is 0 Å². The van der Waals surface area contributed by atoms with Crippen molar-refractivity contribution in [2.24, 2.45) is 0 Å². The molecular formula is C12H17NaSi. The fraction of sp³-hybridized carbons (Fsp3) is 0.333. The molecule has 0 amide bonds. The summed E-state index contributed by atoms with van der Waals surface area (Å²) in [5.74, 6) is 0. The standard InChI is InChI=1S/C12H16Si.Na.H/c1-9-4-6-11-10(8-9)5-7-12(11)13(2)3;;/h4-8,12-13H,1-3H3;;. The Hall–Kier alpha value is 0.177. The van der Waals surface area contributed by atoms with Crippen LogP contribution in [0.5, 0.6) is 0 Å². The fourth-order valence-electron chi connectivity index (χ4n) is 2.03. The van der Waals surface area contributed by atoms with E-state index in [-0.39, 0.29) is 29.6 Å². The summed E-state index contributed by atoms with van der Waals surface area (Å²) in [4.78, 5) is 0. The minimum absolute atomic E-state index is 0. The van der Waals surface area contributed by atoms with Gasteiger partial charge in [-0.15, -0.1) is 0 Å². The second kappa shape index (κ2) is 4.80. The van der Waals surface area contributed by atoms with Gasteiger partial charge in [-0.05, 0) is 23.6 Å². The maximum absolute atomic E-state index is 2.42. The zero-order chi connectivity index (χ0) is 9.42. The van der Waals surface area contributed by atoms with E-state index in [0.717, 1.165) is 5.54 Å². The summed E-state index contributed by atoms with van der Waals surface area (Å²) in [5.41, 5.74) is 5.16. The molecule has 0 heterocycles. The molecule has 0 radical (unpaired) electrons. The van der Waals surface area contributed by atoms with Crippen LogP contribution in [0.4, 0.5) is 0 Å². The Labute approximate surface area is 110 Å². The van der Waals surface area contributed by atoms with Gasteiger partial charge in [0.1, 0.15) is 0 Å². The summed E-state index contributed by atoms with van der Waals surface area (Å²) >= 11 is 0. The van der Waals surface area contributed by atoms with Gasteiger partial charge in [-0.3, -0.25) is 0 Å². The van der Waals surface area contributed by atoms with Crippen molar-refractivity contribution in [1.29, 1.82) is 0 Å². The van der Waals surface area contributed by atoms with Gasteiger partial charge in [0.05, 0.1) is 0 Å². The van der Waals surface area contributed by atoms with Gasteiger partial charge in [-0.25, -0.2) is 0 Å². The van der Waals surface area contributed by atoms with Gasteiger partial charge in [-0.1, -0.05) is 49.0 Å². The third kappa shape index (κ3) is 2.22. The quantitative estimate of drug-likeness (QED) is 0.627. The Morgan fingerprint density at radius 3 is 2.57 bits per heavy atom. The molecule has 0 aromatic heterocycles. The molecule has 0 saturated carbocycles. The zero-order valence-corrected chi connectivity index (χ0v) is 9.70. The van der Waals surface area contributed by atoms with Crippen LogP contribution in [0.15, 0.2) is 24.3 Å². The van der Waals surface area contributed by atoms with E-state index < -0.39 is 8.80 Å². The molecule has 1 aliphatic carbocycles. The molecule has 0 bridgehead atoms. The first-order valence-corrected chi connectivity index (χ1v) is 7.95. The predicted molar refractivity (Wildman–Crippen MR) is 69.0 cm³/mol. The van der Waals surface area contributed by atoms with Crippen molar-refractivity contribution in [2.75, 3.05) is 0 Å². The van der Waals surface area contributed by atoms with Crippen molar-refractivity contribution in [2.45, 2.75) is 25.6 Å². The fourth-order valence-corrected chi connectivity index (χ4v) is 3.61. The molecule has 1 aromatic carbocycles. The van der Waals surface area contributed by atoms with Crippen molar-refractivity contribution in [3.8, 4) is 0 Å². The first-order chi connectivity index (χ1) is 6.18. The summed E-state index contributed by atoms with van der Waals surface area (Å²) in [6.07, 6.45) is 4.68. The predicted octanol–water partition coefficient (Wildman–Crippen LogP) is 2.48. The average Bonchev–Trinajstić information content (AvgIpc) is 2.46. The van der Waals surface area contributed by atoms with Gasteiger partial charge in [0.25, 0.3) is 0 Å². The molecule has 0 spiro atoms. The van der Waals surface area contributed by atoms with Crippen LogP contribution in [0.3, 0.4) is 0 Å². The maximum atomic E-state index is 2.42. The molecule has 1 aromatic rings. The van der Waals surface area contributed by atoms with E-state index in [1.165, 1.54) is 11.1 Å². The van der Waals surface area contributed by atoms with Crippen LogP contribution < -0.4 is 0 Å². The number of rotatable bonds is 1. The van der Waals surface area contributed by atoms with Gasteiger partial charge in [0.2, 0.25) is 0 Å². The Balaban J connectivity index is 0.000000980. The van der Waals surface area contributed by atoms with Gasteiger partial charge in [0, 0.05) is 8.80 Å². The van der Waals surface area contributed by atoms with E-state index in [1.54, 1.807) is 5.56 Å². The van der Waals surface area contributed by atoms with Crippen LogP contribution in [-0.2, 0) is 0 Å². The van der Waals surface area contributed by atoms with Crippen LogP contribution in [0.25, 0.3) is 6.08 Å². The van der Waals surface area contributed by atoms with Gasteiger partial charge < -0.3 is 0 Å². The molecule has 1 atom stereocenters. The zero-order valence-electron chi connectivity index (χ0n) is 8.54. The van der Waals surface area contributed by atoms with Crippen molar-refractivity contribution in [1.82, 2.24) is 0 Å². The summed E-state index contributed by atoms with van der Waals surface area (Å²) < 4.78 is 0. The third-order valence-corrected chi connectivity index (χ3v) is 4.82. The number of allylic oxidation sites excluding steroid dienone is 1. The van der Waals surface area contributed by atoms with Crippen LogP contribution in [0.2, 0.25) is 13.1 Å². The van der Waals surface area contributed by atoms with Gasteiger partial charge >= 0.3 is 29.6 Å². The summed E-state index contributed by atoms with van der Waals surface area (Å²) in [5, 5.41) is 0. The molecule has 2 heteroatoms. The van der Waals surface area contributed by atoms with E-state index >= 15 is 0 Å². The van der Waals surface area contributed by atoms with Crippen molar-refractivity contribution < 1.29 is 0 Å². The molecule has 0 nitrogen and oxygen atoms in total. The van der Waals surface area contributed by atoms with E-state index in [1.807, 2.05) is 0 Å². The third-order valence-electron chi connectivity index (χ3n) is 2.80. The SMILES string of the molecule is Cc1ccc2c(c1)C=CC2[SiH](C)C.[NaH]. The van der Waals surface area contributed by atoms with Crippen LogP contribution in [0, 0.1) is 6.92 Å². The van der Waals surface area contributed by atoms with Crippen molar-refractivity contribution in [3.05, 3.63) is 41.0 Å². The molecule has 0 saturated heterocycles. The Kier molecular flexibility index (Phi) is 4.20. The molecule has 1 unspecified atom stereocenters. The number of fused-ring (bicyclic) bond motifs is 1. The van der Waals surface area contributed by atoms with E-state index in [4.69, 9.17) is 0 Å². The summed E-state index contributed by atoms with van der Waals surface area (Å²) in [6, 6.07) is 6.83. The monoisotopic (exact) mass is 212 g/mol. The van der Waals surface area contributed by atoms with E-state index in [2.05, 4.69) is 50.4 Å². The second-order valence-corrected chi connectivity index (χ2v) is 7.47. The Morgan fingerprint density at radius 2 is 1.93 bits per heavy atom. The van der Waals surface area contributed by atoms with E-state index in [9.17, 15) is 0 Å². The van der Waals surface area contributed by atoms with Crippen molar-refractivity contribution in [3.63, 3.8) is 0 Å². The first kappa shape index (κ1) is 12.2. The first-order valence-electron chi connectivity index (χ1n) is 4.97. The molecule has 0 N–H and O–H groups in total. The average molecular weight is 212 g/mol. The molecule has 2 rings (SSSR count). The minimum atomic E-state index is -0.563. The number of aryl methyl sites for hydroxylation is 1. The molecule has 1 aliphatic rings. The Bertz CT molecular complexity index is 355. The number of hydrogen-bond acceptors (Lipinski definition) is 0. The molecule has 70 valence electrons. The molecular weight excluding hydrogens is 195 g/mol. The normalized spacial score (nSPS) is 18.1. The summed E-state index contributed by atoms with van der Waals surface area (Å²) in [6.45, 7) is 7.00. The van der Waals surface area contributed by atoms with Crippen LogP contribution >= 0.6 is 0 Å². The van der Waals surface area contributed by atoms with Crippen LogP contribution in [0.1, 0.15) is 22.2 Å².